The second kappa shape index (κ2) is 5.41. The van der Waals surface area contributed by atoms with Gasteiger partial charge in [0.15, 0.2) is 5.82 Å². The number of halogens is 1. The third-order valence-electron chi connectivity index (χ3n) is 3.75. The minimum Gasteiger partial charge on any atom is -0.353 e. The second-order valence-corrected chi connectivity index (χ2v) is 5.51. The standard InChI is InChI=1S/C13H19ClN4/c14-9-12-3-4-13(16-15-12)18-7-5-17(6-8-18)10-11-1-2-11/h3-4,11H,1-2,5-10H2. The van der Waals surface area contributed by atoms with E-state index in [9.17, 15) is 0 Å². The van der Waals surface area contributed by atoms with Crippen molar-refractivity contribution in [2.75, 3.05) is 37.6 Å². The molecule has 0 aromatic carbocycles. The van der Waals surface area contributed by atoms with Crippen molar-refractivity contribution in [1.82, 2.24) is 15.1 Å². The number of rotatable bonds is 4. The molecule has 0 spiro atoms. The van der Waals surface area contributed by atoms with E-state index in [1.807, 2.05) is 12.1 Å². The van der Waals surface area contributed by atoms with E-state index in [2.05, 4.69) is 20.0 Å². The van der Waals surface area contributed by atoms with E-state index in [-0.39, 0.29) is 0 Å². The van der Waals surface area contributed by atoms with Crippen LogP contribution in [0.2, 0.25) is 0 Å². The normalized spacial score (nSPS) is 21.3. The summed E-state index contributed by atoms with van der Waals surface area (Å²) >= 11 is 5.72. The molecule has 1 aliphatic heterocycles. The van der Waals surface area contributed by atoms with Gasteiger partial charge in [0.2, 0.25) is 0 Å². The van der Waals surface area contributed by atoms with Crippen LogP contribution in [0.5, 0.6) is 0 Å². The van der Waals surface area contributed by atoms with Crippen LogP contribution in [0.15, 0.2) is 12.1 Å². The average molecular weight is 267 g/mol. The Balaban J connectivity index is 1.54. The molecule has 4 nitrogen and oxygen atoms in total. The summed E-state index contributed by atoms with van der Waals surface area (Å²) in [5.41, 5.74) is 0.841. The minimum atomic E-state index is 0.433. The van der Waals surface area contributed by atoms with Gasteiger partial charge in [-0.05, 0) is 30.9 Å². The van der Waals surface area contributed by atoms with Crippen LogP contribution < -0.4 is 4.90 Å². The van der Waals surface area contributed by atoms with Crippen molar-refractivity contribution in [3.05, 3.63) is 17.8 Å². The zero-order valence-corrected chi connectivity index (χ0v) is 11.3. The quantitative estimate of drug-likeness (QED) is 0.778. The van der Waals surface area contributed by atoms with Gasteiger partial charge < -0.3 is 4.90 Å². The lowest BCUT2D eigenvalue weighted by atomic mass is 10.2. The van der Waals surface area contributed by atoms with E-state index in [0.717, 1.165) is 43.6 Å². The summed E-state index contributed by atoms with van der Waals surface area (Å²) in [6.45, 7) is 5.71. The number of alkyl halides is 1. The number of aromatic nitrogens is 2. The predicted octanol–water partition coefficient (Wildman–Crippen LogP) is 1.75. The van der Waals surface area contributed by atoms with Crippen LogP contribution in [0, 0.1) is 5.92 Å². The molecule has 0 amide bonds. The van der Waals surface area contributed by atoms with Crippen molar-refractivity contribution >= 4 is 17.4 Å². The van der Waals surface area contributed by atoms with Crippen molar-refractivity contribution in [2.45, 2.75) is 18.7 Å². The van der Waals surface area contributed by atoms with E-state index < -0.39 is 0 Å². The third kappa shape index (κ3) is 2.93. The molecule has 2 heterocycles. The number of hydrogen-bond acceptors (Lipinski definition) is 4. The average Bonchev–Trinajstić information content (AvgIpc) is 3.24. The Hall–Kier alpha value is -0.870. The zero-order valence-electron chi connectivity index (χ0n) is 10.6. The van der Waals surface area contributed by atoms with Gasteiger partial charge in [-0.1, -0.05) is 0 Å². The van der Waals surface area contributed by atoms with Crippen molar-refractivity contribution in [3.63, 3.8) is 0 Å². The maximum absolute atomic E-state index is 5.72. The van der Waals surface area contributed by atoms with E-state index in [4.69, 9.17) is 11.6 Å². The highest BCUT2D eigenvalue weighted by atomic mass is 35.5. The van der Waals surface area contributed by atoms with Gasteiger partial charge in [-0.15, -0.1) is 16.7 Å². The summed E-state index contributed by atoms with van der Waals surface area (Å²) in [4.78, 5) is 4.89. The molecule has 0 bridgehead atoms. The monoisotopic (exact) mass is 266 g/mol. The van der Waals surface area contributed by atoms with Gasteiger partial charge >= 0.3 is 0 Å². The third-order valence-corrected chi connectivity index (χ3v) is 4.03. The van der Waals surface area contributed by atoms with Gasteiger partial charge in [0, 0.05) is 32.7 Å². The number of piperazine rings is 1. The topological polar surface area (TPSA) is 32.3 Å². The molecule has 2 aliphatic rings. The summed E-state index contributed by atoms with van der Waals surface area (Å²) < 4.78 is 0. The van der Waals surface area contributed by atoms with E-state index >= 15 is 0 Å². The molecule has 98 valence electrons. The van der Waals surface area contributed by atoms with Gasteiger partial charge in [-0.2, -0.15) is 5.10 Å². The van der Waals surface area contributed by atoms with Crippen LogP contribution in [-0.4, -0.2) is 47.8 Å². The van der Waals surface area contributed by atoms with Crippen molar-refractivity contribution in [1.29, 1.82) is 0 Å². The van der Waals surface area contributed by atoms with Crippen LogP contribution in [0.4, 0.5) is 5.82 Å². The minimum absolute atomic E-state index is 0.433. The first-order valence-electron chi connectivity index (χ1n) is 6.71. The van der Waals surface area contributed by atoms with Crippen LogP contribution in [0.1, 0.15) is 18.5 Å². The highest BCUT2D eigenvalue weighted by Gasteiger charge is 2.26. The molecule has 18 heavy (non-hydrogen) atoms. The van der Waals surface area contributed by atoms with Crippen LogP contribution in [0.3, 0.4) is 0 Å². The van der Waals surface area contributed by atoms with E-state index in [1.54, 1.807) is 0 Å². The largest absolute Gasteiger partial charge is 0.353 e. The fraction of sp³-hybridized carbons (Fsp3) is 0.692. The maximum atomic E-state index is 5.72. The molecule has 1 saturated heterocycles. The van der Waals surface area contributed by atoms with E-state index in [0.29, 0.717) is 5.88 Å². The van der Waals surface area contributed by atoms with Crippen LogP contribution in [0.25, 0.3) is 0 Å². The molecule has 1 aliphatic carbocycles. The van der Waals surface area contributed by atoms with Gasteiger partial charge in [0.1, 0.15) is 0 Å². The SMILES string of the molecule is ClCc1ccc(N2CCN(CC3CC3)CC2)nn1. The number of hydrogen-bond donors (Lipinski definition) is 0. The van der Waals surface area contributed by atoms with Gasteiger partial charge in [-0.3, -0.25) is 4.90 Å². The van der Waals surface area contributed by atoms with Gasteiger partial charge in [0.25, 0.3) is 0 Å². The van der Waals surface area contributed by atoms with E-state index in [1.165, 1.54) is 19.4 Å². The fourth-order valence-corrected chi connectivity index (χ4v) is 2.56. The van der Waals surface area contributed by atoms with Crippen LogP contribution >= 0.6 is 11.6 Å². The molecule has 0 unspecified atom stereocenters. The van der Waals surface area contributed by atoms with Crippen molar-refractivity contribution < 1.29 is 0 Å². The first kappa shape index (κ1) is 12.2. The summed E-state index contributed by atoms with van der Waals surface area (Å²) in [7, 11) is 0. The Labute approximate surface area is 113 Å². The van der Waals surface area contributed by atoms with Crippen molar-refractivity contribution in [3.8, 4) is 0 Å². The molecule has 0 atom stereocenters. The highest BCUT2D eigenvalue weighted by molar-refractivity contribution is 6.16. The smallest absolute Gasteiger partial charge is 0.151 e. The Bertz CT molecular complexity index is 382. The Morgan fingerprint density at radius 3 is 2.44 bits per heavy atom. The molecule has 3 rings (SSSR count). The molecule has 0 N–H and O–H groups in total. The highest BCUT2D eigenvalue weighted by Crippen LogP contribution is 2.30. The molecule has 1 aromatic heterocycles. The summed E-state index contributed by atoms with van der Waals surface area (Å²) in [5.74, 6) is 2.40. The summed E-state index contributed by atoms with van der Waals surface area (Å²) in [6.07, 6.45) is 2.87. The second-order valence-electron chi connectivity index (χ2n) is 5.25. The first-order valence-corrected chi connectivity index (χ1v) is 7.24. The Morgan fingerprint density at radius 2 is 1.89 bits per heavy atom. The number of anilines is 1. The summed E-state index contributed by atoms with van der Waals surface area (Å²) in [5, 5.41) is 8.36. The molecule has 0 radical (unpaired) electrons. The lowest BCUT2D eigenvalue weighted by molar-refractivity contribution is 0.247. The molecule has 1 saturated carbocycles. The molecular formula is C13H19ClN4. The maximum Gasteiger partial charge on any atom is 0.151 e. The van der Waals surface area contributed by atoms with Crippen LogP contribution in [-0.2, 0) is 5.88 Å². The molecular weight excluding hydrogens is 248 g/mol. The zero-order chi connectivity index (χ0) is 12.4. The van der Waals surface area contributed by atoms with Gasteiger partial charge in [0.05, 0.1) is 11.6 Å². The first-order chi connectivity index (χ1) is 8.85. The molecule has 1 aromatic rings. The number of nitrogens with zero attached hydrogens (tertiary/aromatic N) is 4. The van der Waals surface area contributed by atoms with Crippen molar-refractivity contribution in [2.24, 2.45) is 5.92 Å². The predicted molar refractivity (Wildman–Crippen MR) is 73.0 cm³/mol. The molecule has 5 heteroatoms. The van der Waals surface area contributed by atoms with Gasteiger partial charge in [-0.25, -0.2) is 0 Å². The lowest BCUT2D eigenvalue weighted by Gasteiger charge is -2.35. The Kier molecular flexibility index (Phi) is 3.66. The fourth-order valence-electron chi connectivity index (χ4n) is 2.42. The lowest BCUT2D eigenvalue weighted by Crippen LogP contribution is -2.47. The summed E-state index contributed by atoms with van der Waals surface area (Å²) in [6, 6.07) is 3.99. The molecule has 2 fully saturated rings. The Morgan fingerprint density at radius 1 is 1.11 bits per heavy atom.